The van der Waals surface area contributed by atoms with Gasteiger partial charge in [-0.15, -0.1) is 0 Å². The third kappa shape index (κ3) is 4.75. The zero-order chi connectivity index (χ0) is 12.5. The van der Waals surface area contributed by atoms with E-state index in [0.717, 1.165) is 24.3 Å². The van der Waals surface area contributed by atoms with Crippen LogP contribution in [0.3, 0.4) is 0 Å². The molecular formula is C14H22O3. The van der Waals surface area contributed by atoms with E-state index in [2.05, 4.69) is 6.92 Å². The fourth-order valence-corrected chi connectivity index (χ4v) is 1.65. The van der Waals surface area contributed by atoms with Crippen molar-refractivity contribution >= 4 is 0 Å². The molecule has 2 N–H and O–H groups in total. The van der Waals surface area contributed by atoms with Crippen molar-refractivity contribution in [2.24, 2.45) is 0 Å². The average Bonchev–Trinajstić information content (AvgIpc) is 2.38. The Labute approximate surface area is 103 Å². The number of rotatable bonds is 8. The Kier molecular flexibility index (Phi) is 6.67. The van der Waals surface area contributed by atoms with Gasteiger partial charge in [0, 0.05) is 5.92 Å². The van der Waals surface area contributed by atoms with Crippen LogP contribution in [0.25, 0.3) is 0 Å². The van der Waals surface area contributed by atoms with Crippen LogP contribution in [-0.2, 0) is 0 Å². The van der Waals surface area contributed by atoms with E-state index >= 15 is 0 Å². The van der Waals surface area contributed by atoms with Crippen molar-refractivity contribution in [3.05, 3.63) is 29.8 Å². The van der Waals surface area contributed by atoms with Crippen molar-refractivity contribution in [3.63, 3.8) is 0 Å². The molecule has 17 heavy (non-hydrogen) atoms. The lowest BCUT2D eigenvalue weighted by Crippen LogP contribution is -2.08. The van der Waals surface area contributed by atoms with E-state index in [0.29, 0.717) is 0 Å². The summed E-state index contributed by atoms with van der Waals surface area (Å²) in [7, 11) is 0. The highest BCUT2D eigenvalue weighted by Crippen LogP contribution is 2.19. The number of aliphatic hydroxyl groups is 2. The zero-order valence-corrected chi connectivity index (χ0v) is 10.4. The summed E-state index contributed by atoms with van der Waals surface area (Å²) in [4.78, 5) is 0. The Bertz CT molecular complexity index is 291. The maximum atomic E-state index is 9.06. The van der Waals surface area contributed by atoms with Crippen LogP contribution < -0.4 is 4.74 Å². The highest BCUT2D eigenvalue weighted by molar-refractivity contribution is 5.29. The molecule has 3 nitrogen and oxygen atoms in total. The largest absolute Gasteiger partial charge is 0.494 e. The molecule has 0 heterocycles. The molecule has 0 radical (unpaired) electrons. The Morgan fingerprint density at radius 1 is 1.06 bits per heavy atom. The Balaban J connectivity index is 2.44. The van der Waals surface area contributed by atoms with E-state index < -0.39 is 0 Å². The van der Waals surface area contributed by atoms with Gasteiger partial charge in [0.2, 0.25) is 0 Å². The zero-order valence-electron chi connectivity index (χ0n) is 10.4. The number of ether oxygens (including phenoxy) is 1. The summed E-state index contributed by atoms with van der Waals surface area (Å²) in [6, 6.07) is 7.57. The number of hydrogen-bond acceptors (Lipinski definition) is 3. The monoisotopic (exact) mass is 238 g/mol. The van der Waals surface area contributed by atoms with Crippen molar-refractivity contribution in [1.29, 1.82) is 0 Å². The molecular weight excluding hydrogens is 216 g/mol. The molecule has 0 amide bonds. The Morgan fingerprint density at radius 3 is 2.24 bits per heavy atom. The van der Waals surface area contributed by atoms with Crippen molar-refractivity contribution < 1.29 is 14.9 Å². The van der Waals surface area contributed by atoms with Crippen molar-refractivity contribution in [3.8, 4) is 5.75 Å². The summed E-state index contributed by atoms with van der Waals surface area (Å²) in [5.74, 6) is 0.656. The van der Waals surface area contributed by atoms with Crippen LogP contribution in [0, 0.1) is 0 Å². The lowest BCUT2D eigenvalue weighted by atomic mass is 10.0. The van der Waals surface area contributed by atoms with E-state index in [4.69, 9.17) is 14.9 Å². The van der Waals surface area contributed by atoms with Crippen LogP contribution in [0.2, 0.25) is 0 Å². The van der Waals surface area contributed by atoms with E-state index in [-0.39, 0.29) is 19.1 Å². The fraction of sp³-hybridized carbons (Fsp3) is 0.571. The van der Waals surface area contributed by atoms with Crippen molar-refractivity contribution in [2.45, 2.75) is 32.1 Å². The highest BCUT2D eigenvalue weighted by atomic mass is 16.5. The first kappa shape index (κ1) is 14.0. The molecule has 0 atom stereocenters. The summed E-state index contributed by atoms with van der Waals surface area (Å²) in [6.45, 7) is 2.84. The average molecular weight is 238 g/mol. The molecule has 0 fully saturated rings. The topological polar surface area (TPSA) is 49.7 Å². The molecule has 0 unspecified atom stereocenters. The maximum absolute atomic E-state index is 9.06. The van der Waals surface area contributed by atoms with Crippen LogP contribution in [-0.4, -0.2) is 30.0 Å². The number of aliphatic hydroxyl groups excluding tert-OH is 2. The first-order valence-electron chi connectivity index (χ1n) is 6.26. The number of hydrogen-bond donors (Lipinski definition) is 2. The van der Waals surface area contributed by atoms with Gasteiger partial charge in [-0.2, -0.15) is 0 Å². The van der Waals surface area contributed by atoms with E-state index in [9.17, 15) is 0 Å². The minimum Gasteiger partial charge on any atom is -0.494 e. The highest BCUT2D eigenvalue weighted by Gasteiger charge is 2.08. The molecule has 0 aliphatic carbocycles. The third-order valence-corrected chi connectivity index (χ3v) is 2.81. The van der Waals surface area contributed by atoms with Crippen LogP contribution in [0.15, 0.2) is 24.3 Å². The van der Waals surface area contributed by atoms with Crippen LogP contribution >= 0.6 is 0 Å². The molecule has 0 saturated heterocycles. The van der Waals surface area contributed by atoms with Gasteiger partial charge >= 0.3 is 0 Å². The second kappa shape index (κ2) is 8.09. The predicted octanol–water partition coefficient (Wildman–Crippen LogP) is 2.32. The van der Waals surface area contributed by atoms with Gasteiger partial charge in [-0.05, 0) is 24.1 Å². The van der Waals surface area contributed by atoms with Crippen molar-refractivity contribution in [2.75, 3.05) is 19.8 Å². The van der Waals surface area contributed by atoms with Gasteiger partial charge in [0.25, 0.3) is 0 Å². The summed E-state index contributed by atoms with van der Waals surface area (Å²) in [6.07, 6.45) is 3.46. The molecule has 1 rings (SSSR count). The summed E-state index contributed by atoms with van der Waals surface area (Å²) in [5.41, 5.74) is 0.941. The Hall–Kier alpha value is -1.06. The lowest BCUT2D eigenvalue weighted by Gasteiger charge is -2.12. The van der Waals surface area contributed by atoms with E-state index in [1.165, 1.54) is 12.8 Å². The summed E-state index contributed by atoms with van der Waals surface area (Å²) < 4.78 is 5.59. The van der Waals surface area contributed by atoms with Gasteiger partial charge in [0.05, 0.1) is 19.8 Å². The van der Waals surface area contributed by atoms with Gasteiger partial charge in [-0.3, -0.25) is 0 Å². The fourth-order valence-electron chi connectivity index (χ4n) is 1.65. The normalized spacial score (nSPS) is 10.8. The summed E-state index contributed by atoms with van der Waals surface area (Å²) >= 11 is 0. The number of benzene rings is 1. The van der Waals surface area contributed by atoms with Crippen LogP contribution in [0.4, 0.5) is 0 Å². The minimum atomic E-state index is -0.191. The standard InChI is InChI=1S/C14H22O3/c1-2-3-4-9-17-14-7-5-12(6-8-14)13(10-15)11-16/h5-8,13,15-16H,2-4,9-11H2,1H3. The van der Waals surface area contributed by atoms with Gasteiger partial charge < -0.3 is 14.9 Å². The van der Waals surface area contributed by atoms with Gasteiger partial charge in [0.15, 0.2) is 0 Å². The predicted molar refractivity (Wildman–Crippen MR) is 68.4 cm³/mol. The van der Waals surface area contributed by atoms with Gasteiger partial charge in [0.1, 0.15) is 5.75 Å². The molecule has 1 aromatic carbocycles. The SMILES string of the molecule is CCCCCOc1ccc(C(CO)CO)cc1. The van der Waals surface area contributed by atoms with Gasteiger partial charge in [-0.1, -0.05) is 31.9 Å². The minimum absolute atomic E-state index is 0.0345. The second-order valence-corrected chi connectivity index (χ2v) is 4.19. The van der Waals surface area contributed by atoms with Gasteiger partial charge in [-0.25, -0.2) is 0 Å². The molecule has 3 heteroatoms. The summed E-state index contributed by atoms with van der Waals surface area (Å²) in [5, 5.41) is 18.1. The molecule has 0 aliphatic heterocycles. The molecule has 0 spiro atoms. The Morgan fingerprint density at radius 2 is 1.71 bits per heavy atom. The van der Waals surface area contributed by atoms with Crippen LogP contribution in [0.1, 0.15) is 37.7 Å². The quantitative estimate of drug-likeness (QED) is 0.683. The molecule has 0 aliphatic rings. The molecule has 96 valence electrons. The van der Waals surface area contributed by atoms with Crippen LogP contribution in [0.5, 0.6) is 5.75 Å². The first-order valence-corrected chi connectivity index (χ1v) is 6.26. The first-order chi connectivity index (χ1) is 8.31. The lowest BCUT2D eigenvalue weighted by molar-refractivity contribution is 0.192. The maximum Gasteiger partial charge on any atom is 0.119 e. The second-order valence-electron chi connectivity index (χ2n) is 4.19. The molecule has 0 saturated carbocycles. The number of unbranched alkanes of at least 4 members (excludes halogenated alkanes) is 2. The smallest absolute Gasteiger partial charge is 0.119 e. The van der Waals surface area contributed by atoms with Crippen molar-refractivity contribution in [1.82, 2.24) is 0 Å². The van der Waals surface area contributed by atoms with E-state index in [1.807, 2.05) is 24.3 Å². The third-order valence-electron chi connectivity index (χ3n) is 2.81. The molecule has 0 aromatic heterocycles. The van der Waals surface area contributed by atoms with E-state index in [1.54, 1.807) is 0 Å². The molecule has 1 aromatic rings. The molecule has 0 bridgehead atoms.